The van der Waals surface area contributed by atoms with Crippen LogP contribution in [0.3, 0.4) is 0 Å². The molecule has 1 aromatic rings. The molecular formula is C9H8N2O3S. The fourth-order valence-corrected chi connectivity index (χ4v) is 2.14. The number of thiophene rings is 1. The Morgan fingerprint density at radius 3 is 2.53 bits per heavy atom. The Morgan fingerprint density at radius 2 is 2.07 bits per heavy atom. The van der Waals surface area contributed by atoms with Crippen molar-refractivity contribution in [1.82, 2.24) is 10.2 Å². The zero-order valence-electron chi connectivity index (χ0n) is 7.94. The lowest BCUT2D eigenvalue weighted by Gasteiger charge is -2.10. The predicted molar refractivity (Wildman–Crippen MR) is 53.1 cm³/mol. The van der Waals surface area contributed by atoms with Crippen molar-refractivity contribution >= 4 is 29.2 Å². The van der Waals surface area contributed by atoms with Gasteiger partial charge in [-0.3, -0.25) is 19.8 Å². The molecule has 1 N–H and O–H groups in total. The van der Waals surface area contributed by atoms with Crippen LogP contribution in [-0.4, -0.2) is 22.7 Å². The van der Waals surface area contributed by atoms with Crippen LogP contribution in [0, 0.1) is 6.92 Å². The molecule has 15 heavy (non-hydrogen) atoms. The maximum Gasteiger partial charge on any atom is 0.331 e. The lowest BCUT2D eigenvalue weighted by molar-refractivity contribution is -0.140. The molecule has 5 nitrogen and oxygen atoms in total. The molecule has 0 atom stereocenters. The molecule has 1 aliphatic rings. The van der Waals surface area contributed by atoms with Crippen LogP contribution >= 0.6 is 11.3 Å². The van der Waals surface area contributed by atoms with Crippen LogP contribution in [0.2, 0.25) is 0 Å². The zero-order valence-corrected chi connectivity index (χ0v) is 8.76. The molecule has 0 spiro atoms. The molecular weight excluding hydrogens is 216 g/mol. The summed E-state index contributed by atoms with van der Waals surface area (Å²) in [5.41, 5.74) is 1.90. The monoisotopic (exact) mass is 224 g/mol. The highest BCUT2D eigenvalue weighted by atomic mass is 32.1. The molecule has 6 heteroatoms. The SMILES string of the molecule is Cc1cscc1CN1C(=O)NC(=O)C1=O. The summed E-state index contributed by atoms with van der Waals surface area (Å²) in [4.78, 5) is 34.3. The van der Waals surface area contributed by atoms with Gasteiger partial charge in [0.1, 0.15) is 0 Å². The molecule has 0 aromatic carbocycles. The maximum atomic E-state index is 11.2. The number of amides is 4. The topological polar surface area (TPSA) is 66.5 Å². The van der Waals surface area contributed by atoms with Crippen LogP contribution in [0.25, 0.3) is 0 Å². The first-order valence-electron chi connectivity index (χ1n) is 4.28. The van der Waals surface area contributed by atoms with Crippen LogP contribution in [0.4, 0.5) is 4.79 Å². The number of carbonyl (C=O) groups is 3. The molecule has 78 valence electrons. The van der Waals surface area contributed by atoms with E-state index in [2.05, 4.69) is 0 Å². The largest absolute Gasteiger partial charge is 0.331 e. The van der Waals surface area contributed by atoms with E-state index < -0.39 is 17.8 Å². The van der Waals surface area contributed by atoms with Crippen molar-refractivity contribution in [2.24, 2.45) is 0 Å². The summed E-state index contributed by atoms with van der Waals surface area (Å²) in [5.74, 6) is -1.64. The molecule has 0 radical (unpaired) electrons. The molecule has 1 aliphatic heterocycles. The second-order valence-corrected chi connectivity index (χ2v) is 3.97. The number of urea groups is 1. The van der Waals surface area contributed by atoms with Gasteiger partial charge in [-0.05, 0) is 28.8 Å². The van der Waals surface area contributed by atoms with E-state index in [0.717, 1.165) is 16.0 Å². The Kier molecular flexibility index (Phi) is 2.28. The third-order valence-corrected chi connectivity index (χ3v) is 3.11. The van der Waals surface area contributed by atoms with E-state index in [1.54, 1.807) is 0 Å². The molecule has 1 aromatic heterocycles. The average molecular weight is 224 g/mol. The van der Waals surface area contributed by atoms with E-state index >= 15 is 0 Å². The summed E-state index contributed by atoms with van der Waals surface area (Å²) in [6, 6.07) is -0.643. The molecule has 2 rings (SSSR count). The van der Waals surface area contributed by atoms with Gasteiger partial charge in [0.2, 0.25) is 0 Å². The number of hydrogen-bond donors (Lipinski definition) is 1. The standard InChI is InChI=1S/C9H8N2O3S/c1-5-3-15-4-6(5)2-11-8(13)7(12)10-9(11)14/h3-4H,2H2,1H3,(H,10,12,14). The average Bonchev–Trinajstić information content (AvgIpc) is 2.67. The van der Waals surface area contributed by atoms with Crippen LogP contribution in [0.5, 0.6) is 0 Å². The number of carbonyl (C=O) groups excluding carboxylic acids is 3. The summed E-state index contributed by atoms with van der Waals surface area (Å²) in [6.45, 7) is 2.05. The van der Waals surface area contributed by atoms with Gasteiger partial charge in [-0.15, -0.1) is 0 Å². The van der Waals surface area contributed by atoms with Crippen molar-refractivity contribution in [3.05, 3.63) is 21.9 Å². The molecule has 1 fully saturated rings. The molecule has 2 heterocycles. The third kappa shape index (κ3) is 1.63. The number of nitrogens with one attached hydrogen (secondary N) is 1. The fraction of sp³-hybridized carbons (Fsp3) is 0.222. The second-order valence-electron chi connectivity index (χ2n) is 3.23. The van der Waals surface area contributed by atoms with Crippen molar-refractivity contribution < 1.29 is 14.4 Å². The van der Waals surface area contributed by atoms with Crippen molar-refractivity contribution in [3.63, 3.8) is 0 Å². The highest BCUT2D eigenvalue weighted by Gasteiger charge is 2.36. The van der Waals surface area contributed by atoms with Gasteiger partial charge in [-0.25, -0.2) is 4.79 Å². The molecule has 4 amide bonds. The van der Waals surface area contributed by atoms with Gasteiger partial charge < -0.3 is 0 Å². The van der Waals surface area contributed by atoms with Crippen LogP contribution in [-0.2, 0) is 16.1 Å². The normalized spacial score (nSPS) is 16.1. The minimum atomic E-state index is -0.854. The Bertz CT molecular complexity index is 452. The number of aryl methyl sites for hydroxylation is 1. The van der Waals surface area contributed by atoms with Crippen molar-refractivity contribution in [1.29, 1.82) is 0 Å². The van der Waals surface area contributed by atoms with E-state index in [1.165, 1.54) is 11.3 Å². The maximum absolute atomic E-state index is 11.2. The minimum Gasteiger partial charge on any atom is -0.269 e. The van der Waals surface area contributed by atoms with Gasteiger partial charge in [0.05, 0.1) is 6.54 Å². The highest BCUT2D eigenvalue weighted by molar-refractivity contribution is 7.08. The molecule has 0 unspecified atom stereocenters. The summed E-state index contributed by atoms with van der Waals surface area (Å²) in [6.07, 6.45) is 0. The van der Waals surface area contributed by atoms with E-state index in [-0.39, 0.29) is 6.54 Å². The fourth-order valence-electron chi connectivity index (χ4n) is 1.30. The molecule has 0 aliphatic carbocycles. The number of hydrogen-bond acceptors (Lipinski definition) is 4. The Morgan fingerprint density at radius 1 is 1.33 bits per heavy atom. The van der Waals surface area contributed by atoms with Gasteiger partial charge in [-0.1, -0.05) is 0 Å². The van der Waals surface area contributed by atoms with Gasteiger partial charge in [-0.2, -0.15) is 11.3 Å². The van der Waals surface area contributed by atoms with Gasteiger partial charge in [0.15, 0.2) is 0 Å². The summed E-state index contributed by atoms with van der Waals surface area (Å²) < 4.78 is 0. The Labute approximate surface area is 89.7 Å². The van der Waals surface area contributed by atoms with E-state index in [9.17, 15) is 14.4 Å². The van der Waals surface area contributed by atoms with Gasteiger partial charge in [0.25, 0.3) is 0 Å². The summed E-state index contributed by atoms with van der Waals surface area (Å²) in [7, 11) is 0. The van der Waals surface area contributed by atoms with Crippen LogP contribution < -0.4 is 5.32 Å². The third-order valence-electron chi connectivity index (χ3n) is 2.20. The quantitative estimate of drug-likeness (QED) is 0.592. The first kappa shape index (κ1) is 9.85. The van der Waals surface area contributed by atoms with Crippen molar-refractivity contribution in [3.8, 4) is 0 Å². The minimum absolute atomic E-state index is 0.158. The first-order valence-corrected chi connectivity index (χ1v) is 5.22. The van der Waals surface area contributed by atoms with E-state index in [1.807, 2.05) is 23.0 Å². The number of imide groups is 2. The van der Waals surface area contributed by atoms with E-state index in [4.69, 9.17) is 0 Å². The molecule has 1 saturated heterocycles. The van der Waals surface area contributed by atoms with Gasteiger partial charge in [0, 0.05) is 0 Å². The van der Waals surface area contributed by atoms with Gasteiger partial charge >= 0.3 is 17.8 Å². The van der Waals surface area contributed by atoms with Crippen LogP contribution in [0.1, 0.15) is 11.1 Å². The van der Waals surface area contributed by atoms with Crippen LogP contribution in [0.15, 0.2) is 10.8 Å². The summed E-state index contributed by atoms with van der Waals surface area (Å²) in [5, 5.41) is 5.74. The smallest absolute Gasteiger partial charge is 0.269 e. The zero-order chi connectivity index (χ0) is 11.0. The van der Waals surface area contributed by atoms with E-state index in [0.29, 0.717) is 0 Å². The number of rotatable bonds is 2. The first-order chi connectivity index (χ1) is 7.09. The summed E-state index contributed by atoms with van der Waals surface area (Å²) >= 11 is 1.50. The molecule has 0 saturated carbocycles. The lowest BCUT2D eigenvalue weighted by atomic mass is 10.2. The lowest BCUT2D eigenvalue weighted by Crippen LogP contribution is -2.30. The number of nitrogens with zero attached hydrogens (tertiary/aromatic N) is 1. The predicted octanol–water partition coefficient (Wildman–Crippen LogP) is 0.635. The molecule has 0 bridgehead atoms. The highest BCUT2D eigenvalue weighted by Crippen LogP contribution is 2.17. The second kappa shape index (κ2) is 3.47. The Hall–Kier alpha value is -1.69. The van der Waals surface area contributed by atoms with Crippen molar-refractivity contribution in [2.75, 3.05) is 0 Å². The Balaban J connectivity index is 2.20. The van der Waals surface area contributed by atoms with Crippen molar-refractivity contribution in [2.45, 2.75) is 13.5 Å².